The number of carbonyl (C=O) groups excluding carboxylic acids is 1. The van der Waals surface area contributed by atoms with Crippen molar-refractivity contribution in [1.82, 2.24) is 15.2 Å². The van der Waals surface area contributed by atoms with Gasteiger partial charge in [0.05, 0.1) is 0 Å². The van der Waals surface area contributed by atoms with Crippen LogP contribution in [0, 0.1) is 0 Å². The van der Waals surface area contributed by atoms with E-state index in [1.54, 1.807) is 31.2 Å². The van der Waals surface area contributed by atoms with Gasteiger partial charge in [0.25, 0.3) is 5.91 Å². The molecule has 7 heteroatoms. The molecule has 2 aromatic carbocycles. The molecular weight excluding hydrogens is 304 g/mol. The van der Waals surface area contributed by atoms with Gasteiger partial charge in [0.2, 0.25) is 6.10 Å². The first-order chi connectivity index (χ1) is 10.6. The molecule has 22 heavy (non-hydrogen) atoms. The highest BCUT2D eigenvalue weighted by Crippen LogP contribution is 2.15. The number of aromatic nitrogens is 3. The van der Waals surface area contributed by atoms with Gasteiger partial charge in [-0.3, -0.25) is 4.79 Å². The number of para-hydroxylation sites is 1. The van der Waals surface area contributed by atoms with Gasteiger partial charge < -0.3 is 10.2 Å². The number of amides is 1. The van der Waals surface area contributed by atoms with E-state index in [2.05, 4.69) is 15.6 Å². The number of benzene rings is 2. The van der Waals surface area contributed by atoms with Crippen LogP contribution in [0.4, 0.5) is 5.69 Å². The average Bonchev–Trinajstić information content (AvgIpc) is 2.90. The Morgan fingerprint density at radius 1 is 1.27 bits per heavy atom. The predicted octanol–water partition coefficient (Wildman–Crippen LogP) is 2.54. The molecular formula is C15H13ClN4O2. The fourth-order valence-corrected chi connectivity index (χ4v) is 2.12. The van der Waals surface area contributed by atoms with Crippen LogP contribution in [0.1, 0.15) is 6.92 Å². The minimum absolute atomic E-state index is 0.304. The van der Waals surface area contributed by atoms with Crippen LogP contribution in [-0.2, 0) is 4.79 Å². The molecule has 1 N–H and O–H groups in total. The van der Waals surface area contributed by atoms with E-state index >= 15 is 0 Å². The van der Waals surface area contributed by atoms with Gasteiger partial charge in [-0.1, -0.05) is 34.6 Å². The van der Waals surface area contributed by atoms with Crippen LogP contribution in [0.15, 0.2) is 48.5 Å². The van der Waals surface area contributed by atoms with Gasteiger partial charge in [0.1, 0.15) is 11.0 Å². The van der Waals surface area contributed by atoms with E-state index in [1.807, 2.05) is 24.3 Å². The fraction of sp³-hybridized carbons (Fsp3) is 0.133. The van der Waals surface area contributed by atoms with E-state index in [0.717, 1.165) is 0 Å². The maximum absolute atomic E-state index is 12.1. The van der Waals surface area contributed by atoms with Crippen LogP contribution in [0.5, 0.6) is 0 Å². The summed E-state index contributed by atoms with van der Waals surface area (Å²) in [6.07, 6.45) is -0.746. The normalized spacial score (nSPS) is 12.1. The number of nitrogens with zero attached hydrogens (tertiary/aromatic N) is 3. The molecule has 1 aromatic heterocycles. The van der Waals surface area contributed by atoms with Crippen molar-refractivity contribution in [2.24, 2.45) is 0 Å². The summed E-state index contributed by atoms with van der Waals surface area (Å²) in [4.78, 5) is 18.9. The molecule has 0 aliphatic heterocycles. The number of rotatable bonds is 4. The van der Waals surface area contributed by atoms with E-state index in [-0.39, 0.29) is 5.91 Å². The summed E-state index contributed by atoms with van der Waals surface area (Å²) >= 11 is 5.88. The lowest BCUT2D eigenvalue weighted by Gasteiger charge is -2.13. The predicted molar refractivity (Wildman–Crippen MR) is 83.7 cm³/mol. The van der Waals surface area contributed by atoms with Crippen LogP contribution >= 0.6 is 11.6 Å². The average molecular weight is 317 g/mol. The Balaban J connectivity index is 1.71. The first-order valence-electron chi connectivity index (χ1n) is 6.67. The first kappa shape index (κ1) is 14.3. The van der Waals surface area contributed by atoms with Crippen LogP contribution < -0.4 is 10.2 Å². The Bertz CT molecular complexity index is 818. The molecule has 0 saturated carbocycles. The third kappa shape index (κ3) is 3.01. The summed E-state index contributed by atoms with van der Waals surface area (Å²) in [5, 5.41) is 11.1. The molecule has 0 aliphatic carbocycles. The minimum Gasteiger partial charge on any atom is -0.382 e. The fourth-order valence-electron chi connectivity index (χ4n) is 1.93. The highest BCUT2D eigenvalue weighted by Gasteiger charge is 2.17. The molecule has 0 aliphatic rings. The van der Waals surface area contributed by atoms with Gasteiger partial charge in [0, 0.05) is 10.7 Å². The summed E-state index contributed by atoms with van der Waals surface area (Å²) in [6.45, 7) is 1.64. The Morgan fingerprint density at radius 3 is 2.91 bits per heavy atom. The molecule has 0 spiro atoms. The van der Waals surface area contributed by atoms with E-state index in [1.165, 1.54) is 4.85 Å². The molecule has 3 aromatic rings. The van der Waals surface area contributed by atoms with Crippen LogP contribution in [0.3, 0.4) is 0 Å². The van der Waals surface area contributed by atoms with Gasteiger partial charge in [-0.15, -0.1) is 5.10 Å². The molecule has 1 amide bonds. The van der Waals surface area contributed by atoms with Crippen molar-refractivity contribution in [3.05, 3.63) is 53.6 Å². The number of anilines is 1. The number of nitrogens with one attached hydrogen (secondary N) is 1. The summed E-state index contributed by atoms with van der Waals surface area (Å²) in [5.41, 5.74) is 2.01. The number of hydrogen-bond donors (Lipinski definition) is 1. The maximum atomic E-state index is 12.1. The number of carbonyl (C=O) groups is 1. The second-order valence-corrected chi connectivity index (χ2v) is 5.13. The van der Waals surface area contributed by atoms with Crippen molar-refractivity contribution in [1.29, 1.82) is 0 Å². The summed E-state index contributed by atoms with van der Waals surface area (Å²) in [5.74, 6) is -0.304. The van der Waals surface area contributed by atoms with Crippen LogP contribution in [0.2, 0.25) is 5.02 Å². The van der Waals surface area contributed by atoms with Crippen molar-refractivity contribution >= 4 is 34.2 Å². The summed E-state index contributed by atoms with van der Waals surface area (Å²) < 4.78 is 0. The number of fused-ring (bicyclic) bond motifs is 1. The van der Waals surface area contributed by atoms with Gasteiger partial charge in [-0.05, 0) is 42.5 Å². The van der Waals surface area contributed by atoms with E-state index in [0.29, 0.717) is 21.7 Å². The van der Waals surface area contributed by atoms with Crippen LogP contribution in [-0.4, -0.2) is 27.2 Å². The zero-order valence-corrected chi connectivity index (χ0v) is 12.5. The molecule has 1 heterocycles. The van der Waals surface area contributed by atoms with Crippen molar-refractivity contribution in [3.8, 4) is 0 Å². The second kappa shape index (κ2) is 6.03. The molecule has 0 fully saturated rings. The van der Waals surface area contributed by atoms with Crippen molar-refractivity contribution in [2.75, 3.05) is 5.32 Å². The Morgan fingerprint density at radius 2 is 2.09 bits per heavy atom. The largest absolute Gasteiger partial charge is 0.382 e. The lowest BCUT2D eigenvalue weighted by molar-refractivity contribution is -0.127. The first-order valence-corrected chi connectivity index (χ1v) is 7.05. The molecule has 0 bridgehead atoms. The Labute approximate surface area is 131 Å². The highest BCUT2D eigenvalue weighted by molar-refractivity contribution is 6.30. The number of halogens is 1. The molecule has 6 nitrogen and oxygen atoms in total. The molecule has 0 saturated heterocycles. The molecule has 0 radical (unpaired) electrons. The zero-order chi connectivity index (χ0) is 15.5. The van der Waals surface area contributed by atoms with E-state index in [9.17, 15) is 4.79 Å². The lowest BCUT2D eigenvalue weighted by atomic mass is 10.3. The molecule has 0 unspecified atom stereocenters. The quantitative estimate of drug-likeness (QED) is 0.803. The van der Waals surface area contributed by atoms with Crippen molar-refractivity contribution in [3.63, 3.8) is 0 Å². The van der Waals surface area contributed by atoms with Gasteiger partial charge >= 0.3 is 0 Å². The summed E-state index contributed by atoms with van der Waals surface area (Å²) in [6, 6.07) is 14.3. The van der Waals surface area contributed by atoms with Gasteiger partial charge in [-0.25, -0.2) is 0 Å². The standard InChI is InChI=1S/C15H13ClN4O2/c1-10(15(21)17-12-6-4-5-11(16)9-12)22-20-14-8-3-2-7-13(14)18-19-20/h2-10H,1H3,(H,17,21)/t10-/m1/s1. The molecule has 1 atom stereocenters. The maximum Gasteiger partial charge on any atom is 0.267 e. The smallest absolute Gasteiger partial charge is 0.267 e. The van der Waals surface area contributed by atoms with Crippen LogP contribution in [0.25, 0.3) is 11.0 Å². The van der Waals surface area contributed by atoms with Crippen molar-refractivity contribution in [2.45, 2.75) is 13.0 Å². The zero-order valence-electron chi connectivity index (χ0n) is 11.7. The topological polar surface area (TPSA) is 69.0 Å². The van der Waals surface area contributed by atoms with E-state index < -0.39 is 6.10 Å². The third-order valence-electron chi connectivity index (χ3n) is 3.04. The Hall–Kier alpha value is -2.60. The summed E-state index contributed by atoms with van der Waals surface area (Å²) in [7, 11) is 0. The SMILES string of the molecule is C[C@@H](On1nnc2ccccc21)C(=O)Nc1cccc(Cl)c1. The highest BCUT2D eigenvalue weighted by atomic mass is 35.5. The Kier molecular flexibility index (Phi) is 3.93. The lowest BCUT2D eigenvalue weighted by Crippen LogP contribution is -2.35. The van der Waals surface area contributed by atoms with Gasteiger partial charge in [0.15, 0.2) is 0 Å². The molecule has 112 valence electrons. The second-order valence-electron chi connectivity index (χ2n) is 4.70. The van der Waals surface area contributed by atoms with E-state index in [4.69, 9.17) is 16.4 Å². The third-order valence-corrected chi connectivity index (χ3v) is 3.28. The molecule has 3 rings (SSSR count). The van der Waals surface area contributed by atoms with Gasteiger partial charge in [-0.2, -0.15) is 0 Å². The van der Waals surface area contributed by atoms with Crippen molar-refractivity contribution < 1.29 is 9.63 Å². The minimum atomic E-state index is -0.746. The monoisotopic (exact) mass is 316 g/mol. The number of hydrogen-bond acceptors (Lipinski definition) is 4.